The van der Waals surface area contributed by atoms with Gasteiger partial charge in [-0.05, 0) is 12.0 Å². The van der Waals surface area contributed by atoms with Crippen molar-refractivity contribution in [2.24, 2.45) is 0 Å². The Kier molecular flexibility index (Phi) is 5.40. The van der Waals surface area contributed by atoms with Crippen LogP contribution in [-0.2, 0) is 6.42 Å². The number of hydrogen-bond donors (Lipinski definition) is 3. The molecule has 1 amide bonds. The Morgan fingerprint density at radius 1 is 1.23 bits per heavy atom. The number of carbonyl (C=O) groups is 1. The van der Waals surface area contributed by atoms with Crippen molar-refractivity contribution < 1.29 is 9.90 Å². The maximum Gasteiger partial charge on any atom is 0.274 e. The Balaban J connectivity index is 1.77. The smallest absolute Gasteiger partial charge is 0.274 e. The van der Waals surface area contributed by atoms with Crippen molar-refractivity contribution in [3.63, 3.8) is 0 Å². The molecule has 0 bridgehead atoms. The third-order valence-electron chi connectivity index (χ3n) is 3.57. The van der Waals surface area contributed by atoms with Crippen molar-refractivity contribution in [2.45, 2.75) is 12.5 Å². The zero-order valence-corrected chi connectivity index (χ0v) is 14.3. The van der Waals surface area contributed by atoms with Gasteiger partial charge in [-0.3, -0.25) is 4.79 Å². The van der Waals surface area contributed by atoms with Crippen LogP contribution in [0.4, 0.5) is 5.82 Å². The summed E-state index contributed by atoms with van der Waals surface area (Å²) in [6.45, 7) is -0.239. The van der Waals surface area contributed by atoms with Crippen molar-refractivity contribution >= 4 is 23.3 Å². The maximum absolute atomic E-state index is 12.5. The molecule has 0 aliphatic rings. The fourth-order valence-electron chi connectivity index (χ4n) is 2.35. The minimum atomic E-state index is -0.577. The first-order valence-corrected chi connectivity index (χ1v) is 8.11. The van der Waals surface area contributed by atoms with Crippen LogP contribution in [0.15, 0.2) is 42.7 Å². The van der Waals surface area contributed by atoms with Crippen LogP contribution in [0.5, 0.6) is 0 Å². The fourth-order valence-corrected chi connectivity index (χ4v) is 2.55. The second kappa shape index (κ2) is 7.89. The van der Waals surface area contributed by atoms with Crippen LogP contribution < -0.4 is 11.1 Å². The minimum absolute atomic E-state index is 0.0656. The van der Waals surface area contributed by atoms with Crippen molar-refractivity contribution in [1.29, 1.82) is 0 Å². The SMILES string of the molecule is Nc1nc(-n2nccn2)c(Cl)nc1C(=O)N[C@H](CO)Cc1ccccc1. The van der Waals surface area contributed by atoms with Gasteiger partial charge < -0.3 is 16.2 Å². The molecule has 0 unspecified atom stereocenters. The van der Waals surface area contributed by atoms with Gasteiger partial charge in [-0.15, -0.1) is 4.80 Å². The Morgan fingerprint density at radius 3 is 2.58 bits per heavy atom. The number of anilines is 1. The second-order valence-corrected chi connectivity index (χ2v) is 5.79. The van der Waals surface area contributed by atoms with Crippen molar-refractivity contribution in [3.8, 4) is 5.82 Å². The number of nitrogen functional groups attached to an aromatic ring is 1. The Bertz CT molecular complexity index is 887. The molecule has 1 atom stereocenters. The molecule has 134 valence electrons. The Morgan fingerprint density at radius 2 is 1.92 bits per heavy atom. The van der Waals surface area contributed by atoms with Gasteiger partial charge >= 0.3 is 0 Å². The second-order valence-electron chi connectivity index (χ2n) is 5.43. The highest BCUT2D eigenvalue weighted by molar-refractivity contribution is 6.31. The van der Waals surface area contributed by atoms with E-state index < -0.39 is 11.9 Å². The highest BCUT2D eigenvalue weighted by Crippen LogP contribution is 2.18. The van der Waals surface area contributed by atoms with E-state index in [1.54, 1.807) is 0 Å². The first-order chi connectivity index (χ1) is 12.6. The standard InChI is InChI=1S/C16H16ClN7O2/c17-13-15(24-19-6-7-20-24)23-14(18)12(22-13)16(26)21-11(9-25)8-10-4-2-1-3-5-10/h1-7,11,25H,8-9H2,(H2,18,23)(H,21,26)/t11-/m0/s1. The van der Waals surface area contributed by atoms with E-state index >= 15 is 0 Å². The molecule has 0 saturated heterocycles. The van der Waals surface area contributed by atoms with Crippen LogP contribution in [0.25, 0.3) is 5.82 Å². The normalized spacial score (nSPS) is 11.9. The zero-order valence-electron chi connectivity index (χ0n) is 13.6. The molecule has 0 aliphatic carbocycles. The Labute approximate surface area is 153 Å². The number of benzene rings is 1. The predicted octanol–water partition coefficient (Wildman–Crippen LogP) is 0.626. The summed E-state index contributed by atoms with van der Waals surface area (Å²) >= 11 is 6.08. The van der Waals surface area contributed by atoms with E-state index in [-0.39, 0.29) is 29.1 Å². The third-order valence-corrected chi connectivity index (χ3v) is 3.82. The van der Waals surface area contributed by atoms with Crippen LogP contribution in [0.3, 0.4) is 0 Å². The zero-order chi connectivity index (χ0) is 18.5. The lowest BCUT2D eigenvalue weighted by molar-refractivity contribution is 0.0912. The number of amides is 1. The summed E-state index contributed by atoms with van der Waals surface area (Å²) in [6, 6.07) is 8.98. The number of carbonyl (C=O) groups excluding carboxylic acids is 1. The van der Waals surface area contributed by atoms with E-state index in [0.29, 0.717) is 6.42 Å². The highest BCUT2D eigenvalue weighted by atomic mass is 35.5. The summed E-state index contributed by atoms with van der Waals surface area (Å²) in [6.07, 6.45) is 3.36. The van der Waals surface area contributed by atoms with Crippen LogP contribution in [0.2, 0.25) is 5.15 Å². The largest absolute Gasteiger partial charge is 0.394 e. The van der Waals surface area contributed by atoms with Gasteiger partial charge in [-0.25, -0.2) is 9.97 Å². The summed E-state index contributed by atoms with van der Waals surface area (Å²) in [5, 5.41) is 20.0. The van der Waals surface area contributed by atoms with E-state index in [1.807, 2.05) is 30.3 Å². The Hall–Kier alpha value is -3.04. The van der Waals surface area contributed by atoms with E-state index in [0.717, 1.165) is 10.4 Å². The lowest BCUT2D eigenvalue weighted by Gasteiger charge is -2.17. The van der Waals surface area contributed by atoms with Gasteiger partial charge in [-0.2, -0.15) is 10.2 Å². The number of halogens is 1. The fraction of sp³-hybridized carbons (Fsp3) is 0.188. The van der Waals surface area contributed by atoms with Gasteiger partial charge in [-0.1, -0.05) is 41.9 Å². The minimum Gasteiger partial charge on any atom is -0.394 e. The van der Waals surface area contributed by atoms with Gasteiger partial charge in [0, 0.05) is 0 Å². The van der Waals surface area contributed by atoms with Gasteiger partial charge in [0.2, 0.25) is 5.82 Å². The molecule has 0 fully saturated rings. The average molecular weight is 374 g/mol. The number of hydrogen-bond acceptors (Lipinski definition) is 7. The molecule has 0 spiro atoms. The monoisotopic (exact) mass is 373 g/mol. The molecule has 0 radical (unpaired) electrons. The van der Waals surface area contributed by atoms with Gasteiger partial charge in [0.25, 0.3) is 5.91 Å². The highest BCUT2D eigenvalue weighted by Gasteiger charge is 2.21. The number of aliphatic hydroxyl groups is 1. The maximum atomic E-state index is 12.5. The summed E-state index contributed by atoms with van der Waals surface area (Å²) in [5.41, 5.74) is 6.69. The van der Waals surface area contributed by atoms with E-state index in [2.05, 4.69) is 25.5 Å². The molecule has 9 nitrogen and oxygen atoms in total. The number of aromatic nitrogens is 5. The molecule has 4 N–H and O–H groups in total. The van der Waals surface area contributed by atoms with Gasteiger partial charge in [0.05, 0.1) is 25.0 Å². The molecular formula is C16H16ClN7O2. The van der Waals surface area contributed by atoms with Crippen LogP contribution in [0.1, 0.15) is 16.1 Å². The first-order valence-electron chi connectivity index (χ1n) is 7.74. The van der Waals surface area contributed by atoms with E-state index in [1.165, 1.54) is 12.4 Å². The molecule has 26 heavy (non-hydrogen) atoms. The third kappa shape index (κ3) is 3.95. The molecule has 3 rings (SSSR count). The van der Waals surface area contributed by atoms with Gasteiger partial charge in [0.1, 0.15) is 0 Å². The molecule has 2 heterocycles. The lowest BCUT2D eigenvalue weighted by atomic mass is 10.1. The quantitative estimate of drug-likeness (QED) is 0.577. The van der Waals surface area contributed by atoms with E-state index in [4.69, 9.17) is 17.3 Å². The summed E-state index contributed by atoms with van der Waals surface area (Å²) in [5.74, 6) is -0.573. The summed E-state index contributed by atoms with van der Waals surface area (Å²) in [4.78, 5) is 21.7. The predicted molar refractivity (Wildman–Crippen MR) is 94.9 cm³/mol. The first kappa shape index (κ1) is 17.8. The summed E-state index contributed by atoms with van der Waals surface area (Å²) in [7, 11) is 0. The molecule has 2 aromatic heterocycles. The van der Waals surface area contributed by atoms with Crippen molar-refractivity contribution in [3.05, 3.63) is 59.1 Å². The molecule has 10 heteroatoms. The van der Waals surface area contributed by atoms with Crippen molar-refractivity contribution in [2.75, 3.05) is 12.3 Å². The molecule has 1 aromatic carbocycles. The number of rotatable bonds is 6. The van der Waals surface area contributed by atoms with E-state index in [9.17, 15) is 9.90 Å². The number of nitrogens with zero attached hydrogens (tertiary/aromatic N) is 5. The summed E-state index contributed by atoms with van der Waals surface area (Å²) < 4.78 is 0. The molecular weight excluding hydrogens is 358 g/mol. The molecule has 0 aliphatic heterocycles. The van der Waals surface area contributed by atoms with Gasteiger partial charge in [0.15, 0.2) is 16.7 Å². The number of nitrogens with two attached hydrogens (primary N) is 1. The van der Waals surface area contributed by atoms with Crippen LogP contribution in [0, 0.1) is 0 Å². The molecule has 3 aromatic rings. The van der Waals surface area contributed by atoms with Crippen LogP contribution >= 0.6 is 11.6 Å². The number of aliphatic hydroxyl groups excluding tert-OH is 1. The number of nitrogens with one attached hydrogen (secondary N) is 1. The van der Waals surface area contributed by atoms with Crippen molar-refractivity contribution in [1.82, 2.24) is 30.3 Å². The average Bonchev–Trinajstić information content (AvgIpc) is 3.18. The topological polar surface area (TPSA) is 132 Å². The lowest BCUT2D eigenvalue weighted by Crippen LogP contribution is -2.40. The van der Waals surface area contributed by atoms with Crippen LogP contribution in [-0.4, -0.2) is 48.6 Å². The molecule has 0 saturated carbocycles.